The van der Waals surface area contributed by atoms with Crippen LogP contribution < -0.4 is 0 Å². The third-order valence-corrected chi connectivity index (χ3v) is 5.19. The third kappa shape index (κ3) is 2.54. The second kappa shape index (κ2) is 5.73. The van der Waals surface area contributed by atoms with Crippen LogP contribution in [0.3, 0.4) is 0 Å². The van der Waals surface area contributed by atoms with Crippen LogP contribution in [0, 0.1) is 0 Å². The van der Waals surface area contributed by atoms with E-state index in [9.17, 15) is 9.59 Å². The molecule has 1 fully saturated rings. The quantitative estimate of drug-likeness (QED) is 0.572. The number of carbonyl (C=O) groups excluding carboxylic acids is 2. The molecule has 5 heteroatoms. The molecule has 1 saturated heterocycles. The van der Waals surface area contributed by atoms with Gasteiger partial charge in [-0.3, -0.25) is 4.90 Å². The fourth-order valence-electron chi connectivity index (χ4n) is 4.14. The molecule has 136 valence electrons. The van der Waals surface area contributed by atoms with E-state index in [1.807, 2.05) is 69.3 Å². The first-order valence-electron chi connectivity index (χ1n) is 8.98. The average Bonchev–Trinajstić information content (AvgIpc) is 2.85. The Kier molecular flexibility index (Phi) is 3.72. The van der Waals surface area contributed by atoms with Gasteiger partial charge in [0.2, 0.25) is 0 Å². The number of carbonyl (C=O) groups is 2. The lowest BCUT2D eigenvalue weighted by molar-refractivity contribution is -0.145. The van der Waals surface area contributed by atoms with Crippen molar-refractivity contribution >= 4 is 12.1 Å². The number of hydrogen-bond acceptors (Lipinski definition) is 4. The maximum Gasteiger partial charge on any atom is 0.411 e. The second-order valence-electron chi connectivity index (χ2n) is 8.03. The molecule has 3 aliphatic heterocycles. The molecule has 3 heterocycles. The molecule has 5 nitrogen and oxygen atoms in total. The lowest BCUT2D eigenvalue weighted by Gasteiger charge is -2.48. The van der Waals surface area contributed by atoms with Crippen LogP contribution in [0.15, 0.2) is 54.1 Å². The van der Waals surface area contributed by atoms with Crippen LogP contribution in [0.2, 0.25) is 0 Å². The molecule has 1 aromatic carbocycles. The largest absolute Gasteiger partial charge is 0.462 e. The van der Waals surface area contributed by atoms with Gasteiger partial charge >= 0.3 is 12.1 Å². The van der Waals surface area contributed by atoms with Gasteiger partial charge in [-0.25, -0.2) is 9.59 Å². The summed E-state index contributed by atoms with van der Waals surface area (Å²) in [5.41, 5.74) is 0.227. The van der Waals surface area contributed by atoms with E-state index in [1.165, 1.54) is 0 Å². The first-order valence-corrected chi connectivity index (χ1v) is 8.98. The van der Waals surface area contributed by atoms with Crippen LogP contribution in [-0.2, 0) is 14.3 Å². The maximum absolute atomic E-state index is 13.1. The molecule has 0 aliphatic carbocycles. The van der Waals surface area contributed by atoms with Crippen molar-refractivity contribution in [1.82, 2.24) is 4.90 Å². The van der Waals surface area contributed by atoms with Gasteiger partial charge in [-0.05, 0) is 26.3 Å². The van der Waals surface area contributed by atoms with Gasteiger partial charge in [0.05, 0.1) is 18.2 Å². The molecule has 3 atom stereocenters. The fourth-order valence-corrected chi connectivity index (χ4v) is 4.14. The first-order chi connectivity index (χ1) is 12.3. The van der Waals surface area contributed by atoms with Gasteiger partial charge in [-0.1, -0.05) is 48.6 Å². The Morgan fingerprint density at radius 1 is 1.27 bits per heavy atom. The number of rotatable bonds is 1. The Morgan fingerprint density at radius 3 is 2.69 bits per heavy atom. The van der Waals surface area contributed by atoms with Crippen molar-refractivity contribution in [2.24, 2.45) is 0 Å². The van der Waals surface area contributed by atoms with Crippen molar-refractivity contribution in [1.29, 1.82) is 0 Å². The maximum atomic E-state index is 13.1. The minimum Gasteiger partial charge on any atom is -0.462 e. The van der Waals surface area contributed by atoms with Gasteiger partial charge < -0.3 is 9.47 Å². The molecular formula is C21H23NO4. The highest BCUT2D eigenvalue weighted by Gasteiger charge is 2.57. The van der Waals surface area contributed by atoms with E-state index in [0.717, 1.165) is 5.56 Å². The molecular weight excluding hydrogens is 330 g/mol. The van der Waals surface area contributed by atoms with E-state index in [4.69, 9.17) is 9.47 Å². The van der Waals surface area contributed by atoms with E-state index in [2.05, 4.69) is 0 Å². The Hall–Kier alpha value is -2.56. The lowest BCUT2D eigenvalue weighted by atomic mass is 9.77. The molecule has 1 aromatic rings. The molecule has 1 spiro atoms. The lowest BCUT2D eigenvalue weighted by Crippen LogP contribution is -2.60. The number of benzene rings is 1. The molecule has 1 unspecified atom stereocenters. The van der Waals surface area contributed by atoms with Crippen LogP contribution in [0.25, 0.3) is 0 Å². The zero-order chi connectivity index (χ0) is 18.5. The molecule has 0 N–H and O–H groups in total. The number of amides is 1. The number of fused-ring (bicyclic) bond motifs is 1. The van der Waals surface area contributed by atoms with Crippen molar-refractivity contribution in [3.8, 4) is 0 Å². The normalized spacial score (nSPS) is 29.7. The zero-order valence-electron chi connectivity index (χ0n) is 15.3. The highest BCUT2D eigenvalue weighted by atomic mass is 16.6. The summed E-state index contributed by atoms with van der Waals surface area (Å²) < 4.78 is 11.0. The second-order valence-corrected chi connectivity index (χ2v) is 8.03. The molecule has 0 saturated carbocycles. The van der Waals surface area contributed by atoms with Gasteiger partial charge in [0.25, 0.3) is 0 Å². The summed E-state index contributed by atoms with van der Waals surface area (Å²) in [7, 11) is 0. The monoisotopic (exact) mass is 353 g/mol. The predicted molar refractivity (Wildman–Crippen MR) is 96.6 cm³/mol. The Bertz CT molecular complexity index is 805. The number of ether oxygens (including phenoxy) is 2. The predicted octanol–water partition coefficient (Wildman–Crippen LogP) is 3.57. The Balaban J connectivity index is 1.82. The first kappa shape index (κ1) is 16.9. The standard InChI is InChI=1S/C21H23NO4/c1-20(2,3)26-19(24)22-17-9-10-21(22)11-12-25-18(23)16(21)13-15(17)14-7-5-4-6-8-14/h4-10,13,15,17H,11-12H2,1-3H3/t15?,17-,21-/m0/s1. The number of esters is 1. The SMILES string of the molecule is CC(C)(C)OC(=O)N1[C@H]2C=C[C@@]13CCOC(=O)C3=CC2c1ccccc1. The summed E-state index contributed by atoms with van der Waals surface area (Å²) in [5, 5.41) is 0. The Morgan fingerprint density at radius 2 is 2.00 bits per heavy atom. The van der Waals surface area contributed by atoms with Crippen molar-refractivity contribution < 1.29 is 19.1 Å². The van der Waals surface area contributed by atoms with E-state index in [1.54, 1.807) is 4.90 Å². The zero-order valence-corrected chi connectivity index (χ0v) is 15.3. The summed E-state index contributed by atoms with van der Waals surface area (Å²) in [6.07, 6.45) is 6.15. The number of hydrogen-bond donors (Lipinski definition) is 0. The fraction of sp³-hybridized carbons (Fsp3) is 0.429. The van der Waals surface area contributed by atoms with E-state index in [-0.39, 0.29) is 17.9 Å². The molecule has 4 rings (SSSR count). The van der Waals surface area contributed by atoms with E-state index < -0.39 is 17.2 Å². The van der Waals surface area contributed by atoms with Crippen LogP contribution in [0.1, 0.15) is 38.7 Å². The van der Waals surface area contributed by atoms with Crippen LogP contribution in [0.5, 0.6) is 0 Å². The van der Waals surface area contributed by atoms with Gasteiger partial charge in [0.15, 0.2) is 0 Å². The molecule has 1 amide bonds. The topological polar surface area (TPSA) is 55.8 Å². The summed E-state index contributed by atoms with van der Waals surface area (Å²) >= 11 is 0. The van der Waals surface area contributed by atoms with E-state index in [0.29, 0.717) is 18.6 Å². The van der Waals surface area contributed by atoms with E-state index >= 15 is 0 Å². The molecule has 0 aromatic heterocycles. The van der Waals surface area contributed by atoms with Gasteiger partial charge in [0, 0.05) is 12.3 Å². The smallest absolute Gasteiger partial charge is 0.411 e. The summed E-state index contributed by atoms with van der Waals surface area (Å²) in [6.45, 7) is 5.84. The molecule has 3 aliphatic rings. The summed E-state index contributed by atoms with van der Waals surface area (Å²) in [5.74, 6) is -0.466. The molecule has 0 radical (unpaired) electrons. The van der Waals surface area contributed by atoms with Crippen LogP contribution in [0.4, 0.5) is 4.79 Å². The van der Waals surface area contributed by atoms with Crippen molar-refractivity contribution in [2.75, 3.05) is 6.61 Å². The van der Waals surface area contributed by atoms with Crippen molar-refractivity contribution in [3.63, 3.8) is 0 Å². The minimum atomic E-state index is -0.756. The summed E-state index contributed by atoms with van der Waals surface area (Å²) in [4.78, 5) is 27.4. The molecule has 2 bridgehead atoms. The highest BCUT2D eigenvalue weighted by Crippen LogP contribution is 2.49. The minimum absolute atomic E-state index is 0.115. The number of cyclic esters (lactones) is 1. The highest BCUT2D eigenvalue weighted by molar-refractivity contribution is 5.95. The van der Waals surface area contributed by atoms with Gasteiger partial charge in [-0.2, -0.15) is 0 Å². The van der Waals surface area contributed by atoms with Gasteiger partial charge in [-0.15, -0.1) is 0 Å². The Labute approximate surface area is 153 Å². The van der Waals surface area contributed by atoms with Crippen LogP contribution >= 0.6 is 0 Å². The van der Waals surface area contributed by atoms with Gasteiger partial charge in [0.1, 0.15) is 11.1 Å². The number of nitrogens with zero attached hydrogens (tertiary/aromatic N) is 1. The summed E-state index contributed by atoms with van der Waals surface area (Å²) in [6, 6.07) is 9.73. The van der Waals surface area contributed by atoms with Crippen LogP contribution in [-0.4, -0.2) is 40.8 Å². The third-order valence-electron chi connectivity index (χ3n) is 5.19. The van der Waals surface area contributed by atoms with Crippen molar-refractivity contribution in [3.05, 3.63) is 59.7 Å². The van der Waals surface area contributed by atoms with Crippen molar-refractivity contribution in [2.45, 2.75) is 50.3 Å². The molecule has 26 heavy (non-hydrogen) atoms. The average molecular weight is 353 g/mol.